The average molecular weight is 448 g/mol. The summed E-state index contributed by atoms with van der Waals surface area (Å²) in [6.45, 7) is 1.11. The Morgan fingerprint density at radius 3 is 2.74 bits per heavy atom. The number of amides is 1. The van der Waals surface area contributed by atoms with Crippen molar-refractivity contribution in [3.05, 3.63) is 53.3 Å². The van der Waals surface area contributed by atoms with Crippen molar-refractivity contribution in [2.24, 2.45) is 0 Å². The summed E-state index contributed by atoms with van der Waals surface area (Å²) in [5.41, 5.74) is 1.65. The number of thioether (sulfide) groups is 1. The molecule has 0 atom stereocenters. The standard InChI is InChI=1S/C18H18BrN5O2S/c1-26-11-10-24-17(13-6-8-20-9-7-13)22-23-18(24)27-12-16(25)21-15-5-3-2-4-14(15)19/h2-9H,10-12H2,1H3,(H,21,25). The molecule has 0 fully saturated rings. The topological polar surface area (TPSA) is 81.9 Å². The number of hydrogen-bond acceptors (Lipinski definition) is 6. The van der Waals surface area contributed by atoms with Crippen LogP contribution in [0.15, 0.2) is 58.4 Å². The molecule has 1 amide bonds. The fourth-order valence-electron chi connectivity index (χ4n) is 2.37. The van der Waals surface area contributed by atoms with Gasteiger partial charge in [0.15, 0.2) is 11.0 Å². The SMILES string of the molecule is COCCn1c(SCC(=O)Nc2ccccc2Br)nnc1-c1ccncc1. The third kappa shape index (κ3) is 5.15. The number of methoxy groups -OCH3 is 1. The number of para-hydroxylation sites is 1. The zero-order valence-electron chi connectivity index (χ0n) is 14.6. The summed E-state index contributed by atoms with van der Waals surface area (Å²) in [5.74, 6) is 0.838. The predicted octanol–water partition coefficient (Wildman–Crippen LogP) is 3.48. The number of aromatic nitrogens is 4. The van der Waals surface area contributed by atoms with Gasteiger partial charge in [-0.2, -0.15) is 0 Å². The van der Waals surface area contributed by atoms with Gasteiger partial charge in [0.05, 0.1) is 24.6 Å². The Bertz CT molecular complexity index is 904. The van der Waals surface area contributed by atoms with Crippen molar-refractivity contribution in [2.45, 2.75) is 11.7 Å². The molecule has 1 N–H and O–H groups in total. The zero-order chi connectivity index (χ0) is 19.1. The van der Waals surface area contributed by atoms with E-state index in [1.165, 1.54) is 11.8 Å². The lowest BCUT2D eigenvalue weighted by Gasteiger charge is -2.10. The van der Waals surface area contributed by atoms with Gasteiger partial charge in [0.1, 0.15) is 0 Å². The lowest BCUT2D eigenvalue weighted by Crippen LogP contribution is -2.15. The first-order valence-electron chi connectivity index (χ1n) is 8.18. The van der Waals surface area contributed by atoms with Crippen LogP contribution in [0.2, 0.25) is 0 Å². The van der Waals surface area contributed by atoms with Gasteiger partial charge in [0.2, 0.25) is 5.91 Å². The van der Waals surface area contributed by atoms with E-state index in [9.17, 15) is 4.79 Å². The Morgan fingerprint density at radius 1 is 1.22 bits per heavy atom. The molecule has 1 aromatic carbocycles. The van der Waals surface area contributed by atoms with Crippen LogP contribution in [-0.4, -0.2) is 45.1 Å². The maximum Gasteiger partial charge on any atom is 0.234 e. The van der Waals surface area contributed by atoms with E-state index in [0.717, 1.165) is 21.5 Å². The third-order valence-corrected chi connectivity index (χ3v) is 5.31. The largest absolute Gasteiger partial charge is 0.383 e. The van der Waals surface area contributed by atoms with Gasteiger partial charge in [-0.05, 0) is 40.2 Å². The number of halogens is 1. The molecule has 9 heteroatoms. The molecule has 2 aromatic heterocycles. The Hall–Kier alpha value is -2.23. The number of nitrogens with zero attached hydrogens (tertiary/aromatic N) is 4. The van der Waals surface area contributed by atoms with Crippen LogP contribution in [0.4, 0.5) is 5.69 Å². The lowest BCUT2D eigenvalue weighted by atomic mass is 10.2. The molecular formula is C18H18BrN5O2S. The number of rotatable bonds is 8. The molecule has 3 rings (SSSR count). The van der Waals surface area contributed by atoms with Crippen molar-refractivity contribution in [2.75, 3.05) is 24.8 Å². The van der Waals surface area contributed by atoms with Gasteiger partial charge in [-0.3, -0.25) is 14.3 Å². The normalized spacial score (nSPS) is 10.7. The minimum atomic E-state index is -0.112. The van der Waals surface area contributed by atoms with Crippen molar-refractivity contribution in [1.82, 2.24) is 19.7 Å². The van der Waals surface area contributed by atoms with Gasteiger partial charge in [0, 0.05) is 29.5 Å². The van der Waals surface area contributed by atoms with Gasteiger partial charge in [-0.15, -0.1) is 10.2 Å². The van der Waals surface area contributed by atoms with Crippen molar-refractivity contribution in [3.63, 3.8) is 0 Å². The van der Waals surface area contributed by atoms with Crippen molar-refractivity contribution >= 4 is 39.3 Å². The number of anilines is 1. The molecule has 0 saturated carbocycles. The number of carbonyl (C=O) groups excluding carboxylic acids is 1. The minimum absolute atomic E-state index is 0.112. The summed E-state index contributed by atoms with van der Waals surface area (Å²) in [4.78, 5) is 16.3. The van der Waals surface area contributed by atoms with E-state index >= 15 is 0 Å². The molecular weight excluding hydrogens is 430 g/mol. The summed E-state index contributed by atoms with van der Waals surface area (Å²) in [7, 11) is 1.65. The Labute approximate surface area is 169 Å². The summed E-state index contributed by atoms with van der Waals surface area (Å²) in [6, 6.07) is 11.2. The maximum atomic E-state index is 12.3. The first-order valence-corrected chi connectivity index (χ1v) is 9.96. The van der Waals surface area contributed by atoms with Crippen LogP contribution >= 0.6 is 27.7 Å². The van der Waals surface area contributed by atoms with Crippen LogP contribution in [0.25, 0.3) is 11.4 Å². The van der Waals surface area contributed by atoms with Gasteiger partial charge in [-0.25, -0.2) is 0 Å². The second kappa shape index (κ2) is 9.63. The molecule has 7 nitrogen and oxygen atoms in total. The van der Waals surface area contributed by atoms with Crippen molar-refractivity contribution < 1.29 is 9.53 Å². The molecule has 0 aliphatic heterocycles. The average Bonchev–Trinajstić information content (AvgIpc) is 3.10. The van der Waals surface area contributed by atoms with Gasteiger partial charge < -0.3 is 10.1 Å². The summed E-state index contributed by atoms with van der Waals surface area (Å²) in [6.07, 6.45) is 3.42. The number of pyridine rings is 1. The molecule has 27 heavy (non-hydrogen) atoms. The zero-order valence-corrected chi connectivity index (χ0v) is 17.0. The highest BCUT2D eigenvalue weighted by molar-refractivity contribution is 9.10. The monoisotopic (exact) mass is 447 g/mol. The van der Waals surface area contributed by atoms with E-state index in [0.29, 0.717) is 18.3 Å². The van der Waals surface area contributed by atoms with Crippen LogP contribution in [0.3, 0.4) is 0 Å². The third-order valence-electron chi connectivity index (χ3n) is 3.65. The van der Waals surface area contributed by atoms with E-state index in [1.54, 1.807) is 19.5 Å². The second-order valence-corrected chi connectivity index (χ2v) is 7.30. The summed E-state index contributed by atoms with van der Waals surface area (Å²) in [5, 5.41) is 12.1. The fraction of sp³-hybridized carbons (Fsp3) is 0.222. The van der Waals surface area contributed by atoms with Crippen LogP contribution in [-0.2, 0) is 16.1 Å². The molecule has 0 spiro atoms. The van der Waals surface area contributed by atoms with E-state index in [-0.39, 0.29) is 11.7 Å². The highest BCUT2D eigenvalue weighted by atomic mass is 79.9. The highest BCUT2D eigenvalue weighted by Crippen LogP contribution is 2.25. The Kier molecular flexibility index (Phi) is 6.97. The van der Waals surface area contributed by atoms with Crippen LogP contribution in [0.5, 0.6) is 0 Å². The molecule has 0 aliphatic carbocycles. The van der Waals surface area contributed by atoms with Crippen LogP contribution < -0.4 is 5.32 Å². The first kappa shape index (κ1) is 19.5. The highest BCUT2D eigenvalue weighted by Gasteiger charge is 2.16. The number of hydrogen-bond donors (Lipinski definition) is 1. The fourth-order valence-corrected chi connectivity index (χ4v) is 3.52. The maximum absolute atomic E-state index is 12.3. The number of carbonyl (C=O) groups is 1. The molecule has 0 aliphatic rings. The molecule has 140 valence electrons. The van der Waals surface area contributed by atoms with Crippen molar-refractivity contribution in [1.29, 1.82) is 0 Å². The Balaban J connectivity index is 1.71. The number of nitrogens with one attached hydrogen (secondary N) is 1. The number of ether oxygens (including phenoxy) is 1. The smallest absolute Gasteiger partial charge is 0.234 e. The lowest BCUT2D eigenvalue weighted by molar-refractivity contribution is -0.113. The molecule has 2 heterocycles. The summed E-state index contributed by atoms with van der Waals surface area (Å²) >= 11 is 4.76. The van der Waals surface area contributed by atoms with E-state index < -0.39 is 0 Å². The first-order chi connectivity index (χ1) is 13.2. The van der Waals surface area contributed by atoms with Gasteiger partial charge in [-0.1, -0.05) is 23.9 Å². The van der Waals surface area contributed by atoms with Crippen LogP contribution in [0, 0.1) is 0 Å². The van der Waals surface area contributed by atoms with Gasteiger partial charge >= 0.3 is 0 Å². The molecule has 0 bridgehead atoms. The van der Waals surface area contributed by atoms with Gasteiger partial charge in [0.25, 0.3) is 0 Å². The molecule has 0 saturated heterocycles. The second-order valence-electron chi connectivity index (χ2n) is 5.50. The minimum Gasteiger partial charge on any atom is -0.383 e. The van der Waals surface area contributed by atoms with Crippen LogP contribution in [0.1, 0.15) is 0 Å². The molecule has 0 radical (unpaired) electrons. The van der Waals surface area contributed by atoms with E-state index in [4.69, 9.17) is 4.74 Å². The number of benzene rings is 1. The Morgan fingerprint density at radius 2 is 2.00 bits per heavy atom. The predicted molar refractivity (Wildman–Crippen MR) is 109 cm³/mol. The molecule has 3 aromatic rings. The van der Waals surface area contributed by atoms with Crippen molar-refractivity contribution in [3.8, 4) is 11.4 Å². The quantitative estimate of drug-likeness (QED) is 0.532. The summed E-state index contributed by atoms with van der Waals surface area (Å²) < 4.78 is 7.99. The van der Waals surface area contributed by atoms with E-state index in [2.05, 4.69) is 36.4 Å². The van der Waals surface area contributed by atoms with E-state index in [1.807, 2.05) is 41.0 Å². The molecule has 0 unspecified atom stereocenters.